The summed E-state index contributed by atoms with van der Waals surface area (Å²) in [5.74, 6) is 0.339. The lowest BCUT2D eigenvalue weighted by molar-refractivity contribution is 0.670. The molecule has 1 aromatic rings. The number of allylic oxidation sites excluding steroid dienone is 2. The van der Waals surface area contributed by atoms with Crippen LogP contribution in [-0.2, 0) is 0 Å². The van der Waals surface area contributed by atoms with Gasteiger partial charge in [-0.3, -0.25) is 20.8 Å². The molecule has 2 N–H and O–H groups in total. The van der Waals surface area contributed by atoms with Crippen molar-refractivity contribution in [3.05, 3.63) is 17.2 Å². The molecule has 0 saturated carbocycles. The molecular formula is C7H11N6-. The van der Waals surface area contributed by atoms with Crippen molar-refractivity contribution >= 4 is 5.95 Å². The van der Waals surface area contributed by atoms with Gasteiger partial charge in [-0.15, -0.1) is 5.21 Å². The van der Waals surface area contributed by atoms with Crippen LogP contribution in [0.1, 0.15) is 25.7 Å². The van der Waals surface area contributed by atoms with E-state index in [0.29, 0.717) is 5.95 Å². The van der Waals surface area contributed by atoms with Gasteiger partial charge in [-0.25, -0.2) is 0 Å². The lowest BCUT2D eigenvalue weighted by Gasteiger charge is -2.16. The van der Waals surface area contributed by atoms with Crippen LogP contribution >= 0.6 is 0 Å². The van der Waals surface area contributed by atoms with Crippen LogP contribution in [0.25, 0.3) is 5.43 Å². The Morgan fingerprint density at radius 2 is 2.46 bits per heavy atom. The first-order valence-electron chi connectivity index (χ1n) is 4.34. The standard InChI is InChI=1S/C7H11N6/c1-2-4-6(5-3-1)8-9-7-10-12-13-11-7/h4,8H,1-3,5H2,(H-,9,10,11,12,13)/q-1. The van der Waals surface area contributed by atoms with E-state index in [1.54, 1.807) is 0 Å². The van der Waals surface area contributed by atoms with Gasteiger partial charge >= 0.3 is 0 Å². The summed E-state index contributed by atoms with van der Waals surface area (Å²) in [6.45, 7) is 0. The molecule has 0 fully saturated rings. The summed E-state index contributed by atoms with van der Waals surface area (Å²) >= 11 is 0. The average molecular weight is 179 g/mol. The number of nitrogens with one attached hydrogen (secondary N) is 2. The largest absolute Gasteiger partial charge is 0.340 e. The molecule has 13 heavy (non-hydrogen) atoms. The van der Waals surface area contributed by atoms with Crippen molar-refractivity contribution in [3.8, 4) is 0 Å². The van der Waals surface area contributed by atoms with Gasteiger partial charge in [0.05, 0.1) is 5.95 Å². The first kappa shape index (κ1) is 8.03. The number of nitrogens with zero attached hydrogens (tertiary/aromatic N) is 4. The van der Waals surface area contributed by atoms with E-state index in [2.05, 4.69) is 37.6 Å². The Kier molecular flexibility index (Phi) is 2.40. The summed E-state index contributed by atoms with van der Waals surface area (Å²) < 4.78 is 0. The molecule has 0 aromatic carbocycles. The molecule has 70 valence electrons. The van der Waals surface area contributed by atoms with E-state index in [4.69, 9.17) is 0 Å². The van der Waals surface area contributed by atoms with Crippen molar-refractivity contribution in [3.63, 3.8) is 0 Å². The Bertz CT molecular complexity index is 277. The van der Waals surface area contributed by atoms with E-state index in [1.807, 2.05) is 0 Å². The highest BCUT2D eigenvalue weighted by Gasteiger charge is 2.00. The summed E-state index contributed by atoms with van der Waals surface area (Å²) in [5, 5.41) is 13.1. The highest BCUT2D eigenvalue weighted by molar-refractivity contribution is 5.27. The smallest absolute Gasteiger partial charge is 0.0807 e. The number of aromatic amines is 1. The lowest BCUT2D eigenvalue weighted by atomic mass is 10.1. The summed E-state index contributed by atoms with van der Waals surface area (Å²) in [5.41, 5.74) is 8.03. The fourth-order valence-corrected chi connectivity index (χ4v) is 1.27. The maximum atomic E-state index is 3.96. The fraction of sp³-hybridized carbons (Fsp3) is 0.571. The van der Waals surface area contributed by atoms with E-state index in [0.717, 1.165) is 18.5 Å². The van der Waals surface area contributed by atoms with E-state index >= 15 is 0 Å². The zero-order valence-corrected chi connectivity index (χ0v) is 7.19. The van der Waals surface area contributed by atoms with E-state index in [1.165, 1.54) is 12.8 Å². The second kappa shape index (κ2) is 3.88. The number of hydrogen-bond acceptors (Lipinski definition) is 4. The summed E-state index contributed by atoms with van der Waals surface area (Å²) in [6.07, 6.45) is 6.84. The van der Waals surface area contributed by atoms with Gasteiger partial charge < -0.3 is 5.43 Å². The lowest BCUT2D eigenvalue weighted by Crippen LogP contribution is -2.08. The van der Waals surface area contributed by atoms with Crippen LogP contribution in [0.15, 0.2) is 11.8 Å². The molecule has 0 radical (unpaired) electrons. The molecule has 1 aliphatic rings. The summed E-state index contributed by atoms with van der Waals surface area (Å²) in [4.78, 5) is 0. The average Bonchev–Trinajstić information content (AvgIpc) is 2.69. The predicted molar refractivity (Wildman–Crippen MR) is 46.9 cm³/mol. The predicted octanol–water partition coefficient (Wildman–Crippen LogP) is 1.17. The Labute approximate surface area is 75.8 Å². The van der Waals surface area contributed by atoms with Crippen molar-refractivity contribution in [2.24, 2.45) is 0 Å². The Morgan fingerprint density at radius 3 is 3.15 bits per heavy atom. The van der Waals surface area contributed by atoms with Gasteiger partial charge in [-0.1, -0.05) is 6.08 Å². The zero-order valence-electron chi connectivity index (χ0n) is 7.19. The second-order valence-electron chi connectivity index (χ2n) is 2.91. The third kappa shape index (κ3) is 2.17. The van der Waals surface area contributed by atoms with Gasteiger partial charge in [-0.2, -0.15) is 0 Å². The number of rotatable bonds is 3. The normalized spacial score (nSPS) is 16.5. The molecule has 0 amide bonds. The third-order valence-corrected chi connectivity index (χ3v) is 1.92. The van der Waals surface area contributed by atoms with Crippen LogP contribution in [0.4, 0.5) is 5.95 Å². The number of hydrogen-bond donors (Lipinski definition) is 2. The van der Waals surface area contributed by atoms with Crippen LogP contribution in [0, 0.1) is 0 Å². The maximum absolute atomic E-state index is 3.96. The molecule has 2 rings (SSSR count). The van der Waals surface area contributed by atoms with Gasteiger partial charge in [0.1, 0.15) is 0 Å². The van der Waals surface area contributed by atoms with E-state index < -0.39 is 0 Å². The van der Waals surface area contributed by atoms with Crippen molar-refractivity contribution in [1.29, 1.82) is 0 Å². The minimum atomic E-state index is 0.339. The molecule has 6 heteroatoms. The third-order valence-electron chi connectivity index (χ3n) is 1.92. The Hall–Kier alpha value is -1.59. The Morgan fingerprint density at radius 1 is 1.46 bits per heavy atom. The molecule has 0 spiro atoms. The SMILES string of the molecule is C1=C(N[N-]c2nn[nH]n2)CCCC1. The van der Waals surface area contributed by atoms with E-state index in [-0.39, 0.29) is 0 Å². The topological polar surface area (TPSA) is 80.6 Å². The quantitative estimate of drug-likeness (QED) is 0.682. The van der Waals surface area contributed by atoms with Crippen molar-refractivity contribution < 1.29 is 0 Å². The van der Waals surface area contributed by atoms with Crippen molar-refractivity contribution in [2.75, 3.05) is 0 Å². The van der Waals surface area contributed by atoms with Crippen LogP contribution in [0.5, 0.6) is 0 Å². The summed E-state index contributed by atoms with van der Waals surface area (Å²) in [7, 11) is 0. The molecule has 1 aromatic heterocycles. The molecule has 1 aliphatic carbocycles. The van der Waals surface area contributed by atoms with Gasteiger partial charge in [0.25, 0.3) is 0 Å². The van der Waals surface area contributed by atoms with Gasteiger partial charge in [0.15, 0.2) is 0 Å². The molecular weight excluding hydrogens is 168 g/mol. The molecule has 0 saturated heterocycles. The molecule has 0 atom stereocenters. The molecule has 0 aliphatic heterocycles. The first-order chi connectivity index (χ1) is 6.45. The Balaban J connectivity index is 1.82. The van der Waals surface area contributed by atoms with Crippen LogP contribution in [-0.4, -0.2) is 20.6 Å². The highest BCUT2D eigenvalue weighted by Crippen LogP contribution is 2.17. The van der Waals surface area contributed by atoms with Crippen molar-refractivity contribution in [1.82, 2.24) is 26.0 Å². The molecule has 0 bridgehead atoms. The van der Waals surface area contributed by atoms with Gasteiger partial charge in [-0.05, 0) is 25.7 Å². The fourth-order valence-electron chi connectivity index (χ4n) is 1.27. The maximum Gasteiger partial charge on any atom is 0.0807 e. The summed E-state index contributed by atoms with van der Waals surface area (Å²) in [6, 6.07) is 0. The zero-order chi connectivity index (χ0) is 8.93. The minimum Gasteiger partial charge on any atom is -0.340 e. The molecule has 1 heterocycles. The monoisotopic (exact) mass is 179 g/mol. The van der Waals surface area contributed by atoms with Crippen LogP contribution in [0.2, 0.25) is 0 Å². The highest BCUT2D eigenvalue weighted by atomic mass is 15.6. The molecule has 0 unspecified atom stereocenters. The first-order valence-corrected chi connectivity index (χ1v) is 4.34. The number of tetrazole rings is 1. The molecule has 6 nitrogen and oxygen atoms in total. The minimum absolute atomic E-state index is 0.339. The number of aromatic nitrogens is 4. The van der Waals surface area contributed by atoms with E-state index in [9.17, 15) is 0 Å². The van der Waals surface area contributed by atoms with Crippen LogP contribution in [0.3, 0.4) is 0 Å². The van der Waals surface area contributed by atoms with Gasteiger partial charge in [0, 0.05) is 5.70 Å². The number of H-pyrrole nitrogens is 1. The van der Waals surface area contributed by atoms with Gasteiger partial charge in [0.2, 0.25) is 0 Å². The van der Waals surface area contributed by atoms with Crippen LogP contribution < -0.4 is 5.43 Å². The van der Waals surface area contributed by atoms with Crippen molar-refractivity contribution in [2.45, 2.75) is 25.7 Å². The second-order valence-corrected chi connectivity index (χ2v) is 2.91.